The molecule has 0 bridgehead atoms. The summed E-state index contributed by atoms with van der Waals surface area (Å²) >= 11 is 6.68. The van der Waals surface area contributed by atoms with Gasteiger partial charge in [0.05, 0.1) is 11.6 Å². The summed E-state index contributed by atoms with van der Waals surface area (Å²) in [6.45, 7) is 2.41. The Morgan fingerprint density at radius 3 is 2.70 bits per heavy atom. The molecule has 116 valence electrons. The molecule has 0 aliphatic carbocycles. The quantitative estimate of drug-likeness (QED) is 0.666. The predicted molar refractivity (Wildman–Crippen MR) is 101 cm³/mol. The first-order valence-electron chi connectivity index (χ1n) is 7.24. The Labute approximate surface area is 145 Å². The maximum Gasteiger partial charge on any atom is 0.267 e. The molecule has 0 radical (unpaired) electrons. The third-order valence-electron chi connectivity index (χ3n) is 3.43. The summed E-state index contributed by atoms with van der Waals surface area (Å²) in [7, 11) is 0. The van der Waals surface area contributed by atoms with Crippen molar-refractivity contribution >= 4 is 46.0 Å². The van der Waals surface area contributed by atoms with Crippen LogP contribution in [0.5, 0.6) is 0 Å². The van der Waals surface area contributed by atoms with Crippen molar-refractivity contribution in [3.63, 3.8) is 0 Å². The molecule has 1 fully saturated rings. The molecule has 0 atom stereocenters. The Morgan fingerprint density at radius 1 is 1.17 bits per heavy atom. The number of hydrogen-bond acceptors (Lipinski definition) is 4. The van der Waals surface area contributed by atoms with Crippen LogP contribution in [0.1, 0.15) is 11.1 Å². The van der Waals surface area contributed by atoms with Gasteiger partial charge < -0.3 is 5.32 Å². The van der Waals surface area contributed by atoms with Gasteiger partial charge in [0, 0.05) is 5.69 Å². The minimum absolute atomic E-state index is 0.0518. The van der Waals surface area contributed by atoms with Crippen molar-refractivity contribution < 1.29 is 4.79 Å². The Bertz CT molecular complexity index is 772. The molecule has 23 heavy (non-hydrogen) atoms. The molecule has 1 heterocycles. The molecule has 0 unspecified atom stereocenters. The van der Waals surface area contributed by atoms with Crippen molar-refractivity contribution in [3.8, 4) is 0 Å². The van der Waals surface area contributed by atoms with Crippen molar-refractivity contribution in [1.82, 2.24) is 4.90 Å². The maximum atomic E-state index is 12.5. The van der Waals surface area contributed by atoms with Crippen LogP contribution in [0, 0.1) is 6.92 Å². The number of anilines is 1. The molecule has 2 aromatic carbocycles. The highest BCUT2D eigenvalue weighted by Gasteiger charge is 2.31. The van der Waals surface area contributed by atoms with E-state index in [1.807, 2.05) is 67.6 Å². The fourth-order valence-electron chi connectivity index (χ4n) is 2.26. The summed E-state index contributed by atoms with van der Waals surface area (Å²) in [6, 6.07) is 17.8. The number of nitrogens with one attached hydrogen (secondary N) is 1. The van der Waals surface area contributed by atoms with Gasteiger partial charge in [-0.15, -0.1) is 0 Å². The first-order valence-corrected chi connectivity index (χ1v) is 8.47. The highest BCUT2D eigenvalue weighted by atomic mass is 32.2. The number of nitrogens with zero attached hydrogens (tertiary/aromatic N) is 1. The Hall–Kier alpha value is -2.11. The van der Waals surface area contributed by atoms with E-state index in [1.165, 1.54) is 17.3 Å². The number of amides is 1. The molecular formula is C18H16N2OS2. The van der Waals surface area contributed by atoms with E-state index in [0.717, 1.165) is 11.3 Å². The van der Waals surface area contributed by atoms with Gasteiger partial charge in [-0.3, -0.25) is 9.69 Å². The van der Waals surface area contributed by atoms with Crippen molar-refractivity contribution in [3.05, 3.63) is 70.6 Å². The van der Waals surface area contributed by atoms with E-state index in [1.54, 1.807) is 4.90 Å². The lowest BCUT2D eigenvalue weighted by Crippen LogP contribution is -2.33. The third kappa shape index (κ3) is 3.81. The average molecular weight is 340 g/mol. The van der Waals surface area contributed by atoms with Gasteiger partial charge in [0.1, 0.15) is 4.32 Å². The number of thiocarbonyl (C=S) groups is 1. The lowest BCUT2D eigenvalue weighted by atomic mass is 10.2. The summed E-state index contributed by atoms with van der Waals surface area (Å²) in [5.74, 6) is -0.0518. The molecule has 0 spiro atoms. The van der Waals surface area contributed by atoms with Crippen LogP contribution in [0.4, 0.5) is 5.69 Å². The second-order valence-electron chi connectivity index (χ2n) is 5.22. The maximum absolute atomic E-state index is 12.5. The Kier molecular flexibility index (Phi) is 4.79. The first-order chi connectivity index (χ1) is 11.1. The van der Waals surface area contributed by atoms with Crippen LogP contribution in [-0.4, -0.2) is 21.8 Å². The van der Waals surface area contributed by atoms with E-state index in [4.69, 9.17) is 12.2 Å². The molecule has 0 aromatic heterocycles. The van der Waals surface area contributed by atoms with Gasteiger partial charge in [-0.25, -0.2) is 0 Å². The second kappa shape index (κ2) is 6.98. The van der Waals surface area contributed by atoms with Crippen LogP contribution in [0.3, 0.4) is 0 Å². The second-order valence-corrected chi connectivity index (χ2v) is 6.90. The van der Waals surface area contributed by atoms with E-state index in [9.17, 15) is 4.79 Å². The Balaban J connectivity index is 1.70. The predicted octanol–water partition coefficient (Wildman–Crippen LogP) is 4.27. The van der Waals surface area contributed by atoms with E-state index < -0.39 is 0 Å². The van der Waals surface area contributed by atoms with Crippen molar-refractivity contribution in [2.24, 2.45) is 0 Å². The van der Waals surface area contributed by atoms with Gasteiger partial charge in [0.25, 0.3) is 5.91 Å². The van der Waals surface area contributed by atoms with Gasteiger partial charge in [-0.05, 0) is 36.3 Å². The number of carbonyl (C=O) groups excluding carboxylic acids is 1. The summed E-state index contributed by atoms with van der Waals surface area (Å²) in [5, 5.41) is 3.25. The fraction of sp³-hybridized carbons (Fsp3) is 0.111. The standard InChI is InChI=1S/C18H16N2OS2/c1-13-6-5-9-15(10-13)19-12-20-17(21)16(23-18(20)22)11-14-7-3-2-4-8-14/h2-11,19H,12H2,1H3/b16-11+. The monoisotopic (exact) mass is 340 g/mol. The molecular weight excluding hydrogens is 324 g/mol. The molecule has 1 aliphatic heterocycles. The number of benzene rings is 2. The topological polar surface area (TPSA) is 32.3 Å². The normalized spacial score (nSPS) is 16.2. The molecule has 1 amide bonds. The summed E-state index contributed by atoms with van der Waals surface area (Å²) < 4.78 is 0.581. The lowest BCUT2D eigenvalue weighted by Gasteiger charge is -2.16. The van der Waals surface area contributed by atoms with Crippen LogP contribution in [0.25, 0.3) is 6.08 Å². The number of rotatable bonds is 4. The molecule has 3 rings (SSSR count). The smallest absolute Gasteiger partial charge is 0.267 e. The third-order valence-corrected chi connectivity index (χ3v) is 4.81. The van der Waals surface area contributed by atoms with E-state index >= 15 is 0 Å². The molecule has 2 aromatic rings. The number of thioether (sulfide) groups is 1. The van der Waals surface area contributed by atoms with Crippen LogP contribution in [0.2, 0.25) is 0 Å². The molecule has 3 nitrogen and oxygen atoms in total. The zero-order valence-corrected chi connectivity index (χ0v) is 14.3. The van der Waals surface area contributed by atoms with E-state index in [-0.39, 0.29) is 5.91 Å². The highest BCUT2D eigenvalue weighted by Crippen LogP contribution is 2.32. The SMILES string of the molecule is Cc1cccc(NCN2C(=O)/C(=C\c3ccccc3)SC2=S)c1. The molecule has 5 heteroatoms. The van der Waals surface area contributed by atoms with Crippen LogP contribution >= 0.6 is 24.0 Å². The van der Waals surface area contributed by atoms with Gasteiger partial charge in [0.2, 0.25) is 0 Å². The summed E-state index contributed by atoms with van der Waals surface area (Å²) in [5.41, 5.74) is 3.15. The van der Waals surface area contributed by atoms with Crippen molar-refractivity contribution in [1.29, 1.82) is 0 Å². The summed E-state index contributed by atoms with van der Waals surface area (Å²) in [6.07, 6.45) is 1.88. The molecule has 1 N–H and O–H groups in total. The highest BCUT2D eigenvalue weighted by molar-refractivity contribution is 8.26. The van der Waals surface area contributed by atoms with Crippen LogP contribution < -0.4 is 5.32 Å². The van der Waals surface area contributed by atoms with Gasteiger partial charge in [-0.1, -0.05) is 66.4 Å². The lowest BCUT2D eigenvalue weighted by molar-refractivity contribution is -0.121. The number of carbonyl (C=O) groups is 1. The summed E-state index contributed by atoms with van der Waals surface area (Å²) in [4.78, 5) is 14.8. The largest absolute Gasteiger partial charge is 0.367 e. The Morgan fingerprint density at radius 2 is 1.96 bits per heavy atom. The molecule has 1 aliphatic rings. The van der Waals surface area contributed by atoms with Crippen molar-refractivity contribution in [2.75, 3.05) is 12.0 Å². The van der Waals surface area contributed by atoms with E-state index in [2.05, 4.69) is 5.32 Å². The van der Waals surface area contributed by atoms with Crippen LogP contribution in [0.15, 0.2) is 59.5 Å². The van der Waals surface area contributed by atoms with E-state index in [0.29, 0.717) is 15.9 Å². The van der Waals surface area contributed by atoms with Crippen LogP contribution in [-0.2, 0) is 4.79 Å². The minimum Gasteiger partial charge on any atom is -0.367 e. The van der Waals surface area contributed by atoms with Crippen molar-refractivity contribution in [2.45, 2.75) is 6.92 Å². The molecule has 1 saturated heterocycles. The zero-order chi connectivity index (χ0) is 16.2. The fourth-order valence-corrected chi connectivity index (χ4v) is 3.52. The first kappa shape index (κ1) is 15.8. The van der Waals surface area contributed by atoms with Gasteiger partial charge in [-0.2, -0.15) is 0 Å². The minimum atomic E-state index is -0.0518. The zero-order valence-electron chi connectivity index (χ0n) is 12.7. The average Bonchev–Trinajstić information content (AvgIpc) is 2.80. The molecule has 0 saturated carbocycles. The number of hydrogen-bond donors (Lipinski definition) is 1. The van der Waals surface area contributed by atoms with Gasteiger partial charge in [0.15, 0.2) is 0 Å². The number of aryl methyl sites for hydroxylation is 1. The van der Waals surface area contributed by atoms with Gasteiger partial charge >= 0.3 is 0 Å².